The molecule has 0 amide bonds. The number of rotatable bonds is 1. The second-order valence-electron chi connectivity index (χ2n) is 1.83. The summed E-state index contributed by atoms with van der Waals surface area (Å²) in [5, 5.41) is 3.37. The van der Waals surface area contributed by atoms with E-state index in [-0.39, 0.29) is 0 Å². The lowest BCUT2D eigenvalue weighted by atomic mass is 10.7. The van der Waals surface area contributed by atoms with E-state index in [0.29, 0.717) is 0 Å². The average molecular weight is 165 g/mol. The third-order valence-corrected chi connectivity index (χ3v) is 0.848. The van der Waals surface area contributed by atoms with E-state index in [0.717, 1.165) is 6.20 Å². The van der Waals surface area contributed by atoms with Crippen molar-refractivity contribution in [1.82, 2.24) is 9.78 Å². The Morgan fingerprint density at radius 2 is 2.27 bits per heavy atom. The van der Waals surface area contributed by atoms with E-state index in [9.17, 15) is 13.2 Å². The number of halogens is 3. The van der Waals surface area contributed by atoms with E-state index in [1.165, 1.54) is 11.7 Å². The number of aryl methyl sites for hydroxylation is 1. The summed E-state index contributed by atoms with van der Waals surface area (Å²) >= 11 is 0. The van der Waals surface area contributed by atoms with Crippen molar-refractivity contribution < 1.29 is 17.9 Å². The Hall–Kier alpha value is -1.20. The molecule has 1 rings (SSSR count). The Labute approximate surface area is 60.4 Å². The molecule has 0 saturated carbocycles. The van der Waals surface area contributed by atoms with Gasteiger partial charge in [-0.3, -0.25) is 4.68 Å². The molecule has 61 valence electrons. The second-order valence-corrected chi connectivity index (χ2v) is 1.83. The molecule has 6 heteroatoms. The van der Waals surface area contributed by atoms with Gasteiger partial charge in [-0.2, -0.15) is 5.10 Å². The van der Waals surface area contributed by atoms with Gasteiger partial charge in [-0.15, -0.1) is 13.2 Å². The third kappa shape index (κ3) is 2.48. The van der Waals surface area contributed by atoms with E-state index >= 15 is 0 Å². The van der Waals surface area contributed by atoms with Crippen LogP contribution < -0.4 is 4.74 Å². The number of alkyl halides is 3. The Morgan fingerprint density at radius 3 is 2.64 bits per heavy atom. The van der Waals surface area contributed by atoms with Gasteiger partial charge in [0.2, 0.25) is 0 Å². The summed E-state index contributed by atoms with van der Waals surface area (Å²) < 4.78 is 39.1. The van der Waals surface area contributed by atoms with Crippen LogP contribution in [0.15, 0.2) is 6.20 Å². The molecule has 1 aromatic heterocycles. The van der Waals surface area contributed by atoms with Crippen LogP contribution in [0.2, 0.25) is 0 Å². The van der Waals surface area contributed by atoms with Crippen LogP contribution in [0.25, 0.3) is 0 Å². The molecular weight excluding hydrogens is 161 g/mol. The van der Waals surface area contributed by atoms with Crippen LogP contribution >= 0.6 is 0 Å². The fraction of sp³-hybridized carbons (Fsp3) is 0.400. The van der Waals surface area contributed by atoms with Crippen molar-refractivity contribution in [2.45, 2.75) is 6.36 Å². The first-order valence-electron chi connectivity index (χ1n) is 2.64. The van der Waals surface area contributed by atoms with Crippen molar-refractivity contribution in [2.75, 3.05) is 0 Å². The molecule has 0 aliphatic heterocycles. The molecule has 0 fully saturated rings. The van der Waals surface area contributed by atoms with Crippen LogP contribution in [0.1, 0.15) is 0 Å². The first-order valence-corrected chi connectivity index (χ1v) is 2.64. The lowest BCUT2D eigenvalue weighted by Crippen LogP contribution is -2.16. The largest absolute Gasteiger partial charge is 0.573 e. The first kappa shape index (κ1) is 7.90. The van der Waals surface area contributed by atoms with Gasteiger partial charge < -0.3 is 4.74 Å². The number of hydrogen-bond donors (Lipinski definition) is 0. The van der Waals surface area contributed by atoms with Crippen LogP contribution in [0.3, 0.4) is 0 Å². The summed E-state index contributed by atoms with van der Waals surface area (Å²) in [5.74, 6) is -0.431. The molecular formula is C5H4F3N2O. The summed E-state index contributed by atoms with van der Waals surface area (Å²) in [5.41, 5.74) is 0. The molecule has 0 aromatic carbocycles. The summed E-state index contributed by atoms with van der Waals surface area (Å²) in [6.07, 6.45) is -1.56. The maximum Gasteiger partial charge on any atom is 0.573 e. The standard InChI is InChI=1S/C5H4F3N2O/c1-10-3-4(2-9-10)11-5(6,7)8/h3H,1H3. The molecule has 0 N–H and O–H groups in total. The van der Waals surface area contributed by atoms with Crippen LogP contribution in [0.4, 0.5) is 13.2 Å². The fourth-order valence-electron chi connectivity index (χ4n) is 0.529. The van der Waals surface area contributed by atoms with Crippen molar-refractivity contribution in [3.63, 3.8) is 0 Å². The number of nitrogens with zero attached hydrogens (tertiary/aromatic N) is 2. The summed E-state index contributed by atoms with van der Waals surface area (Å²) in [6.45, 7) is 0. The normalized spacial score (nSPS) is 11.6. The van der Waals surface area contributed by atoms with Gasteiger partial charge in [-0.05, 0) is 0 Å². The molecule has 0 spiro atoms. The van der Waals surface area contributed by atoms with E-state index in [1.54, 1.807) is 0 Å². The lowest BCUT2D eigenvalue weighted by Gasteiger charge is -2.04. The van der Waals surface area contributed by atoms with Gasteiger partial charge in [-0.25, -0.2) is 0 Å². The van der Waals surface area contributed by atoms with Gasteiger partial charge in [0.15, 0.2) is 11.9 Å². The van der Waals surface area contributed by atoms with Gasteiger partial charge >= 0.3 is 6.36 Å². The highest BCUT2D eigenvalue weighted by molar-refractivity contribution is 5.09. The second kappa shape index (κ2) is 2.44. The molecule has 0 aliphatic rings. The molecule has 0 saturated heterocycles. The van der Waals surface area contributed by atoms with E-state index < -0.39 is 12.1 Å². The maximum atomic E-state index is 11.5. The Balaban J connectivity index is 2.65. The van der Waals surface area contributed by atoms with E-state index in [2.05, 4.69) is 9.84 Å². The first-order chi connectivity index (χ1) is 4.97. The van der Waals surface area contributed by atoms with Crippen molar-refractivity contribution in [2.24, 2.45) is 7.05 Å². The van der Waals surface area contributed by atoms with Gasteiger partial charge in [0.1, 0.15) is 0 Å². The zero-order valence-electron chi connectivity index (χ0n) is 5.51. The average Bonchev–Trinajstić information content (AvgIpc) is 2.10. The molecule has 1 heterocycles. The molecule has 3 nitrogen and oxygen atoms in total. The Morgan fingerprint density at radius 1 is 1.64 bits per heavy atom. The molecule has 0 bridgehead atoms. The molecule has 1 aromatic rings. The monoisotopic (exact) mass is 165 g/mol. The van der Waals surface area contributed by atoms with Crippen LogP contribution in [-0.2, 0) is 7.05 Å². The van der Waals surface area contributed by atoms with E-state index in [1.807, 2.05) is 6.20 Å². The highest BCUT2D eigenvalue weighted by atomic mass is 19.4. The summed E-state index contributed by atoms with van der Waals surface area (Å²) in [4.78, 5) is 0. The molecule has 0 unspecified atom stereocenters. The SMILES string of the molecule is Cn1cc(OC(F)(F)F)[c]n1. The summed E-state index contributed by atoms with van der Waals surface area (Å²) in [6, 6.07) is 0. The minimum Gasteiger partial charge on any atom is -0.402 e. The van der Waals surface area contributed by atoms with Crippen LogP contribution in [-0.4, -0.2) is 16.1 Å². The van der Waals surface area contributed by atoms with Gasteiger partial charge in [0.05, 0.1) is 6.20 Å². The van der Waals surface area contributed by atoms with Gasteiger partial charge in [0, 0.05) is 7.05 Å². The topological polar surface area (TPSA) is 27.1 Å². The number of hydrogen-bond acceptors (Lipinski definition) is 2. The highest BCUT2D eigenvalue weighted by Crippen LogP contribution is 2.20. The van der Waals surface area contributed by atoms with Crippen molar-refractivity contribution in [1.29, 1.82) is 0 Å². The van der Waals surface area contributed by atoms with Crippen LogP contribution in [0.5, 0.6) is 5.75 Å². The van der Waals surface area contributed by atoms with Crippen LogP contribution in [0, 0.1) is 6.20 Å². The maximum absolute atomic E-state index is 11.5. The predicted molar refractivity (Wildman–Crippen MR) is 28.7 cm³/mol. The molecule has 0 atom stereocenters. The van der Waals surface area contributed by atoms with Gasteiger partial charge in [0.25, 0.3) is 0 Å². The number of ether oxygens (including phenoxy) is 1. The van der Waals surface area contributed by atoms with Crippen molar-refractivity contribution in [3.8, 4) is 5.75 Å². The minimum atomic E-state index is -4.67. The zero-order chi connectivity index (χ0) is 8.48. The van der Waals surface area contributed by atoms with E-state index in [4.69, 9.17) is 0 Å². The smallest absolute Gasteiger partial charge is 0.402 e. The zero-order valence-corrected chi connectivity index (χ0v) is 5.51. The fourth-order valence-corrected chi connectivity index (χ4v) is 0.529. The predicted octanol–water partition coefficient (Wildman–Crippen LogP) is 1.12. The quantitative estimate of drug-likeness (QED) is 0.623. The highest BCUT2D eigenvalue weighted by Gasteiger charge is 2.31. The number of aromatic nitrogens is 2. The Kier molecular flexibility index (Phi) is 1.76. The summed E-state index contributed by atoms with van der Waals surface area (Å²) in [7, 11) is 1.47. The lowest BCUT2D eigenvalue weighted by molar-refractivity contribution is -0.274. The molecule has 1 radical (unpaired) electrons. The molecule has 0 aliphatic carbocycles. The molecule has 11 heavy (non-hydrogen) atoms. The van der Waals surface area contributed by atoms with Crippen molar-refractivity contribution >= 4 is 0 Å². The van der Waals surface area contributed by atoms with Crippen molar-refractivity contribution in [3.05, 3.63) is 12.4 Å². The minimum absolute atomic E-state index is 0.431. The van der Waals surface area contributed by atoms with Gasteiger partial charge in [-0.1, -0.05) is 0 Å². The Bertz CT molecular complexity index is 242. The third-order valence-electron chi connectivity index (χ3n) is 0.848.